The number of alkyl carbamates (subject to hydrolysis) is 1. The van der Waals surface area contributed by atoms with E-state index in [0.717, 1.165) is 0 Å². The number of hydrogen-bond acceptors (Lipinski definition) is 5. The van der Waals surface area contributed by atoms with Gasteiger partial charge in [-0.25, -0.2) is 14.4 Å². The molecule has 1 atom stereocenters. The van der Waals surface area contributed by atoms with E-state index in [2.05, 4.69) is 10.6 Å². The third-order valence-corrected chi connectivity index (χ3v) is 4.36. The maximum absolute atomic E-state index is 13.1. The predicted molar refractivity (Wildman–Crippen MR) is 121 cm³/mol. The lowest BCUT2D eigenvalue weighted by Gasteiger charge is -2.31. The number of rotatable bonds is 9. The lowest BCUT2D eigenvalue weighted by atomic mass is 10.0. The number of amides is 3. The zero-order chi connectivity index (χ0) is 23.6. The zero-order valence-corrected chi connectivity index (χ0v) is 19.9. The number of nitrogens with zero attached hydrogens (tertiary/aromatic N) is 1. The molecule has 1 aromatic rings. The van der Waals surface area contributed by atoms with Gasteiger partial charge in [-0.2, -0.15) is 0 Å². The molecular formula is C22H34ClN3O5. The molecule has 0 aliphatic rings. The number of anilines is 1. The molecule has 0 saturated carbocycles. The smallest absolute Gasteiger partial charge is 0.407 e. The fourth-order valence-electron chi connectivity index (χ4n) is 2.78. The summed E-state index contributed by atoms with van der Waals surface area (Å²) in [5.41, 5.74) is -0.220. The Labute approximate surface area is 189 Å². The standard InChI is InChI=1S/C22H34ClN3O5/c1-7-30-19(27)18(14-15(2)3)26(13-12-24-21(29)31-22(4,5)6)20(28)25-17-11-9-8-10-16(17)23/h8-11,15,18H,7,12-14H2,1-6H3,(H,24,29)(H,25,28)/t18-/m0/s1. The molecule has 0 spiro atoms. The van der Waals surface area contributed by atoms with E-state index in [1.807, 2.05) is 13.8 Å². The highest BCUT2D eigenvalue weighted by Gasteiger charge is 2.32. The average molecular weight is 456 g/mol. The molecule has 0 radical (unpaired) electrons. The number of hydrogen-bond donors (Lipinski definition) is 2. The van der Waals surface area contributed by atoms with Crippen LogP contribution in [0.25, 0.3) is 0 Å². The van der Waals surface area contributed by atoms with Crippen molar-refractivity contribution in [2.75, 3.05) is 25.0 Å². The number of carbonyl (C=O) groups excluding carboxylic acids is 3. The van der Waals surface area contributed by atoms with Crippen LogP contribution < -0.4 is 10.6 Å². The van der Waals surface area contributed by atoms with E-state index in [1.54, 1.807) is 52.0 Å². The van der Waals surface area contributed by atoms with Crippen LogP contribution in [0, 0.1) is 5.92 Å². The van der Waals surface area contributed by atoms with Gasteiger partial charge >= 0.3 is 18.1 Å². The number of ether oxygens (including phenoxy) is 2. The van der Waals surface area contributed by atoms with Crippen molar-refractivity contribution < 1.29 is 23.9 Å². The lowest BCUT2D eigenvalue weighted by molar-refractivity contribution is -0.149. The molecule has 1 aromatic carbocycles. The van der Waals surface area contributed by atoms with Crippen molar-refractivity contribution in [3.8, 4) is 0 Å². The molecule has 1 rings (SSSR count). The first kappa shape index (κ1) is 26.6. The van der Waals surface area contributed by atoms with Crippen LogP contribution in [0.15, 0.2) is 24.3 Å². The first-order valence-corrected chi connectivity index (χ1v) is 10.8. The van der Waals surface area contributed by atoms with E-state index in [4.69, 9.17) is 21.1 Å². The molecule has 0 aromatic heterocycles. The quantitative estimate of drug-likeness (QED) is 0.527. The molecule has 0 saturated heterocycles. The number of nitrogens with one attached hydrogen (secondary N) is 2. The van der Waals surface area contributed by atoms with E-state index in [-0.39, 0.29) is 25.6 Å². The van der Waals surface area contributed by atoms with Crippen LogP contribution in [0.5, 0.6) is 0 Å². The van der Waals surface area contributed by atoms with Crippen molar-refractivity contribution in [3.63, 3.8) is 0 Å². The van der Waals surface area contributed by atoms with Crippen LogP contribution in [0.2, 0.25) is 5.02 Å². The highest BCUT2D eigenvalue weighted by atomic mass is 35.5. The second-order valence-electron chi connectivity index (χ2n) is 8.43. The first-order valence-electron chi connectivity index (χ1n) is 10.4. The molecule has 31 heavy (non-hydrogen) atoms. The molecule has 3 amide bonds. The maximum Gasteiger partial charge on any atom is 0.407 e. The van der Waals surface area contributed by atoms with Crippen molar-refractivity contribution in [1.29, 1.82) is 0 Å². The van der Waals surface area contributed by atoms with Gasteiger partial charge < -0.3 is 25.0 Å². The zero-order valence-electron chi connectivity index (χ0n) is 19.2. The highest BCUT2D eigenvalue weighted by molar-refractivity contribution is 6.33. The van der Waals surface area contributed by atoms with Gasteiger partial charge in [-0.05, 0) is 52.2 Å². The molecule has 0 aliphatic carbocycles. The van der Waals surface area contributed by atoms with Gasteiger partial charge in [0.15, 0.2) is 0 Å². The van der Waals surface area contributed by atoms with Crippen molar-refractivity contribution in [3.05, 3.63) is 29.3 Å². The summed E-state index contributed by atoms with van der Waals surface area (Å²) in [5, 5.41) is 5.73. The van der Waals surface area contributed by atoms with Gasteiger partial charge in [0, 0.05) is 13.1 Å². The second kappa shape index (κ2) is 12.4. The second-order valence-corrected chi connectivity index (χ2v) is 8.84. The lowest BCUT2D eigenvalue weighted by Crippen LogP contribution is -2.51. The molecule has 0 bridgehead atoms. The third kappa shape index (κ3) is 9.91. The summed E-state index contributed by atoms with van der Waals surface area (Å²) >= 11 is 6.16. The third-order valence-electron chi connectivity index (χ3n) is 4.03. The number of esters is 1. The van der Waals surface area contributed by atoms with Crippen molar-refractivity contribution in [2.24, 2.45) is 5.92 Å². The Balaban J connectivity index is 3.03. The van der Waals surface area contributed by atoms with Gasteiger partial charge in [0.05, 0.1) is 17.3 Å². The molecule has 0 unspecified atom stereocenters. The number of carbonyl (C=O) groups is 3. The highest BCUT2D eigenvalue weighted by Crippen LogP contribution is 2.22. The van der Waals surface area contributed by atoms with Gasteiger partial charge in [-0.3, -0.25) is 0 Å². The molecule has 0 fully saturated rings. The minimum Gasteiger partial charge on any atom is -0.464 e. The van der Waals surface area contributed by atoms with Crippen LogP contribution in [-0.4, -0.2) is 54.3 Å². The summed E-state index contributed by atoms with van der Waals surface area (Å²) in [6.07, 6.45) is -0.197. The van der Waals surface area contributed by atoms with E-state index in [9.17, 15) is 14.4 Å². The Kier molecular flexibility index (Phi) is 10.6. The number of para-hydroxylation sites is 1. The number of urea groups is 1. The molecule has 2 N–H and O–H groups in total. The Morgan fingerprint density at radius 2 is 1.81 bits per heavy atom. The largest absolute Gasteiger partial charge is 0.464 e. The Bertz CT molecular complexity index is 749. The summed E-state index contributed by atoms with van der Waals surface area (Å²) in [6.45, 7) is 11.3. The van der Waals surface area contributed by atoms with Gasteiger partial charge in [0.2, 0.25) is 0 Å². The van der Waals surface area contributed by atoms with E-state index >= 15 is 0 Å². The van der Waals surface area contributed by atoms with Gasteiger partial charge in [0.25, 0.3) is 0 Å². The Morgan fingerprint density at radius 1 is 1.16 bits per heavy atom. The molecule has 0 heterocycles. The normalized spacial score (nSPS) is 12.1. The monoisotopic (exact) mass is 455 g/mol. The fourth-order valence-corrected chi connectivity index (χ4v) is 2.96. The van der Waals surface area contributed by atoms with Gasteiger partial charge in [-0.15, -0.1) is 0 Å². The molecule has 174 valence electrons. The minimum atomic E-state index is -0.817. The first-order chi connectivity index (χ1) is 14.4. The van der Waals surface area contributed by atoms with Crippen LogP contribution in [0.3, 0.4) is 0 Å². The number of halogens is 1. The number of benzene rings is 1. The summed E-state index contributed by atoms with van der Waals surface area (Å²) in [5.74, 6) is -0.369. The van der Waals surface area contributed by atoms with Crippen LogP contribution in [0.4, 0.5) is 15.3 Å². The van der Waals surface area contributed by atoms with Crippen LogP contribution in [-0.2, 0) is 14.3 Å². The molecule has 9 heteroatoms. The summed E-state index contributed by atoms with van der Waals surface area (Å²) in [6, 6.07) is 5.48. The predicted octanol–water partition coefficient (Wildman–Crippen LogP) is 4.68. The topological polar surface area (TPSA) is 97.0 Å². The Morgan fingerprint density at radius 3 is 2.35 bits per heavy atom. The van der Waals surface area contributed by atoms with Gasteiger partial charge in [-0.1, -0.05) is 37.6 Å². The van der Waals surface area contributed by atoms with Gasteiger partial charge in [0.1, 0.15) is 11.6 Å². The van der Waals surface area contributed by atoms with Crippen LogP contribution >= 0.6 is 11.6 Å². The van der Waals surface area contributed by atoms with E-state index in [0.29, 0.717) is 17.1 Å². The maximum atomic E-state index is 13.1. The van der Waals surface area contributed by atoms with Crippen molar-refractivity contribution >= 4 is 35.4 Å². The molecule has 8 nitrogen and oxygen atoms in total. The minimum absolute atomic E-state index is 0.0751. The average Bonchev–Trinajstić information content (AvgIpc) is 2.64. The van der Waals surface area contributed by atoms with Crippen molar-refractivity contribution in [1.82, 2.24) is 10.2 Å². The van der Waals surface area contributed by atoms with Crippen molar-refractivity contribution in [2.45, 2.75) is 59.6 Å². The Hall–Kier alpha value is -2.48. The molecular weight excluding hydrogens is 422 g/mol. The SMILES string of the molecule is CCOC(=O)[C@H](CC(C)C)N(CCNC(=O)OC(C)(C)C)C(=O)Nc1ccccc1Cl. The summed E-state index contributed by atoms with van der Waals surface area (Å²) in [7, 11) is 0. The van der Waals surface area contributed by atoms with Crippen LogP contribution in [0.1, 0.15) is 48.0 Å². The van der Waals surface area contributed by atoms with E-state index in [1.165, 1.54) is 4.90 Å². The summed E-state index contributed by atoms with van der Waals surface area (Å²) < 4.78 is 10.4. The molecule has 0 aliphatic heterocycles. The fraction of sp³-hybridized carbons (Fsp3) is 0.591. The summed E-state index contributed by atoms with van der Waals surface area (Å²) in [4.78, 5) is 39.1. The van der Waals surface area contributed by atoms with E-state index < -0.39 is 29.7 Å².